The molecule has 4 nitrogen and oxygen atoms in total. The Balaban J connectivity index is 1.75. The van der Waals surface area contributed by atoms with Gasteiger partial charge in [0.05, 0.1) is 0 Å². The molecule has 2 aromatic rings. The zero-order valence-corrected chi connectivity index (χ0v) is 20.7. The third-order valence-electron chi connectivity index (χ3n) is 6.50. The fourth-order valence-corrected chi connectivity index (χ4v) is 4.47. The molecule has 1 aromatic carbocycles. The first kappa shape index (κ1) is 23.7. The average Bonchev–Trinajstić information content (AvgIpc) is 3.41. The first-order chi connectivity index (χ1) is 14.5. The normalized spacial score (nSPS) is 15.5. The molecule has 4 heteroatoms. The smallest absolute Gasteiger partial charge is 0.138 e. The van der Waals surface area contributed by atoms with Crippen molar-refractivity contribution in [3.05, 3.63) is 46.5 Å². The van der Waals surface area contributed by atoms with Gasteiger partial charge in [-0.25, -0.2) is 0 Å². The van der Waals surface area contributed by atoms with E-state index in [4.69, 9.17) is 0 Å². The van der Waals surface area contributed by atoms with Gasteiger partial charge in [0.1, 0.15) is 17.4 Å². The fraction of sp³-hybridized carbons (Fsp3) is 0.667. The molecule has 1 aliphatic carbocycles. The topological polar surface area (TPSA) is 47.8 Å². The van der Waals surface area contributed by atoms with Gasteiger partial charge in [0.2, 0.25) is 0 Å². The first-order valence-electron chi connectivity index (χ1n) is 12.1. The van der Waals surface area contributed by atoms with Crippen LogP contribution in [0.3, 0.4) is 0 Å². The summed E-state index contributed by atoms with van der Waals surface area (Å²) >= 11 is 0. The molecule has 1 unspecified atom stereocenters. The quantitative estimate of drug-likeness (QED) is 0.436. The molecule has 0 N–H and O–H groups in total. The van der Waals surface area contributed by atoms with Crippen LogP contribution in [0.5, 0.6) is 0 Å². The molecule has 1 aromatic heterocycles. The molecule has 0 radical (unpaired) electrons. The van der Waals surface area contributed by atoms with Crippen LogP contribution in [0.4, 0.5) is 0 Å². The molecule has 1 heterocycles. The molecule has 3 rings (SSSR count). The number of rotatable bonds is 10. The van der Waals surface area contributed by atoms with E-state index in [0.717, 1.165) is 30.1 Å². The van der Waals surface area contributed by atoms with E-state index in [-0.39, 0.29) is 5.92 Å². The minimum Gasteiger partial charge on any atom is -0.312 e. The number of hydrogen-bond donors (Lipinski definition) is 0. The predicted octanol–water partition coefficient (Wildman–Crippen LogP) is 6.54. The van der Waals surface area contributed by atoms with Crippen molar-refractivity contribution in [2.24, 2.45) is 11.3 Å². The second kappa shape index (κ2) is 9.67. The number of benzene rings is 1. The number of ketones is 1. The maximum absolute atomic E-state index is 13.1. The lowest BCUT2D eigenvalue weighted by atomic mass is 9.87. The van der Waals surface area contributed by atoms with Crippen LogP contribution >= 0.6 is 0 Å². The number of carbonyl (C=O) groups excluding carboxylic acids is 1. The fourth-order valence-electron chi connectivity index (χ4n) is 4.47. The summed E-state index contributed by atoms with van der Waals surface area (Å²) in [4.78, 5) is 13.1. The van der Waals surface area contributed by atoms with Crippen LogP contribution in [0, 0.1) is 25.2 Å². The average molecular weight is 424 g/mol. The Kier molecular flexibility index (Phi) is 7.39. The van der Waals surface area contributed by atoms with Gasteiger partial charge in [0.15, 0.2) is 0 Å². The number of aryl methyl sites for hydroxylation is 3. The van der Waals surface area contributed by atoms with Crippen LogP contribution in [0.1, 0.15) is 107 Å². The summed E-state index contributed by atoms with van der Waals surface area (Å²) in [5, 5.41) is 9.28. The molecule has 1 atom stereocenters. The minimum absolute atomic E-state index is 0.128. The Bertz CT molecular complexity index is 900. The summed E-state index contributed by atoms with van der Waals surface area (Å²) in [6.45, 7) is 15.5. The zero-order valence-electron chi connectivity index (χ0n) is 20.7. The standard InChI is InChI=1S/C27H41N3O/c1-18(2)24(17-23(31)16-21-11-10-19(3)15-20(21)4)26-29-28-25(30(26)22-12-13-22)9-8-14-27(5,6)7/h10-11,15,18,22,24H,8-9,12-14,16-17H2,1-7H3. The molecule has 0 aliphatic heterocycles. The van der Waals surface area contributed by atoms with E-state index in [1.54, 1.807) is 0 Å². The molecular weight excluding hydrogens is 382 g/mol. The monoisotopic (exact) mass is 423 g/mol. The highest BCUT2D eigenvalue weighted by Crippen LogP contribution is 2.40. The van der Waals surface area contributed by atoms with Gasteiger partial charge in [0.25, 0.3) is 0 Å². The highest BCUT2D eigenvalue weighted by molar-refractivity contribution is 5.82. The third-order valence-corrected chi connectivity index (χ3v) is 6.50. The van der Waals surface area contributed by atoms with Gasteiger partial charge in [-0.1, -0.05) is 58.4 Å². The van der Waals surface area contributed by atoms with E-state index in [9.17, 15) is 4.79 Å². The number of aromatic nitrogens is 3. The van der Waals surface area contributed by atoms with Crippen molar-refractivity contribution >= 4 is 5.78 Å². The second-order valence-corrected chi connectivity index (χ2v) is 11.2. The molecule has 0 amide bonds. The maximum Gasteiger partial charge on any atom is 0.138 e. The lowest BCUT2D eigenvalue weighted by molar-refractivity contribution is -0.119. The second-order valence-electron chi connectivity index (χ2n) is 11.2. The Morgan fingerprint density at radius 2 is 1.87 bits per heavy atom. The van der Waals surface area contributed by atoms with E-state index in [1.807, 2.05) is 0 Å². The lowest BCUT2D eigenvalue weighted by Crippen LogP contribution is -2.19. The largest absolute Gasteiger partial charge is 0.312 e. The van der Waals surface area contributed by atoms with E-state index in [0.29, 0.717) is 36.0 Å². The van der Waals surface area contributed by atoms with Crippen molar-refractivity contribution < 1.29 is 4.79 Å². The molecule has 0 spiro atoms. The number of carbonyl (C=O) groups is 1. The van der Waals surface area contributed by atoms with Crippen molar-refractivity contribution in [3.63, 3.8) is 0 Å². The van der Waals surface area contributed by atoms with Crippen molar-refractivity contribution in [1.82, 2.24) is 14.8 Å². The third kappa shape index (κ3) is 6.51. The first-order valence-corrected chi connectivity index (χ1v) is 12.1. The zero-order chi connectivity index (χ0) is 22.8. The number of hydrogen-bond acceptors (Lipinski definition) is 3. The predicted molar refractivity (Wildman–Crippen MR) is 128 cm³/mol. The van der Waals surface area contributed by atoms with Crippen molar-refractivity contribution in [3.8, 4) is 0 Å². The Morgan fingerprint density at radius 3 is 2.45 bits per heavy atom. The highest BCUT2D eigenvalue weighted by atomic mass is 16.1. The molecule has 1 fully saturated rings. The molecule has 31 heavy (non-hydrogen) atoms. The Morgan fingerprint density at radius 1 is 1.16 bits per heavy atom. The number of nitrogens with zero attached hydrogens (tertiary/aromatic N) is 3. The Labute approximate surface area is 188 Å². The lowest BCUT2D eigenvalue weighted by Gasteiger charge is -2.22. The SMILES string of the molecule is Cc1ccc(CC(=O)CC(c2nnc(CCCC(C)(C)C)n2C2CC2)C(C)C)c(C)c1. The minimum atomic E-state index is 0.128. The number of Topliss-reactive ketones (excluding diaryl/α,β-unsaturated/α-hetero) is 1. The van der Waals surface area contributed by atoms with Crippen molar-refractivity contribution in [2.45, 2.75) is 105 Å². The molecule has 1 saturated carbocycles. The summed E-state index contributed by atoms with van der Waals surface area (Å²) in [7, 11) is 0. The summed E-state index contributed by atoms with van der Waals surface area (Å²) in [5.41, 5.74) is 3.93. The maximum atomic E-state index is 13.1. The van der Waals surface area contributed by atoms with E-state index in [2.05, 4.69) is 81.4 Å². The van der Waals surface area contributed by atoms with Gasteiger partial charge < -0.3 is 4.57 Å². The summed E-state index contributed by atoms with van der Waals surface area (Å²) in [6.07, 6.45) is 6.75. The molecule has 0 saturated heterocycles. The van der Waals surface area contributed by atoms with Gasteiger partial charge in [-0.3, -0.25) is 4.79 Å². The van der Waals surface area contributed by atoms with Crippen LogP contribution in [0.15, 0.2) is 18.2 Å². The summed E-state index contributed by atoms with van der Waals surface area (Å²) < 4.78 is 2.40. The van der Waals surface area contributed by atoms with Crippen LogP contribution in [-0.4, -0.2) is 20.5 Å². The van der Waals surface area contributed by atoms with Crippen LogP contribution < -0.4 is 0 Å². The van der Waals surface area contributed by atoms with Gasteiger partial charge in [0, 0.05) is 31.2 Å². The Hall–Kier alpha value is -1.97. The van der Waals surface area contributed by atoms with E-state index >= 15 is 0 Å². The highest BCUT2D eigenvalue weighted by Gasteiger charge is 2.34. The van der Waals surface area contributed by atoms with Gasteiger partial charge in [-0.2, -0.15) is 0 Å². The van der Waals surface area contributed by atoms with E-state index < -0.39 is 0 Å². The van der Waals surface area contributed by atoms with Gasteiger partial charge in [-0.15, -0.1) is 10.2 Å². The summed E-state index contributed by atoms with van der Waals surface area (Å²) in [6, 6.07) is 6.90. The van der Waals surface area contributed by atoms with E-state index in [1.165, 1.54) is 30.4 Å². The summed E-state index contributed by atoms with van der Waals surface area (Å²) in [5.74, 6) is 2.94. The van der Waals surface area contributed by atoms with Crippen LogP contribution in [0.25, 0.3) is 0 Å². The van der Waals surface area contributed by atoms with Crippen LogP contribution in [-0.2, 0) is 17.6 Å². The molecular formula is C27H41N3O. The molecule has 0 bridgehead atoms. The van der Waals surface area contributed by atoms with Crippen molar-refractivity contribution in [1.29, 1.82) is 0 Å². The van der Waals surface area contributed by atoms with Gasteiger partial charge >= 0.3 is 0 Å². The molecule has 170 valence electrons. The molecule has 1 aliphatic rings. The van der Waals surface area contributed by atoms with Gasteiger partial charge in [-0.05, 0) is 62.0 Å². The van der Waals surface area contributed by atoms with Crippen molar-refractivity contribution in [2.75, 3.05) is 0 Å². The van der Waals surface area contributed by atoms with Crippen LogP contribution in [0.2, 0.25) is 0 Å².